The highest BCUT2D eigenvalue weighted by Crippen LogP contribution is 2.25. The number of halogens is 1. The molecular formula is C19H31IN4O2. The average Bonchev–Trinajstić information content (AvgIpc) is 3.28. The van der Waals surface area contributed by atoms with Crippen LogP contribution in [0.1, 0.15) is 51.0 Å². The molecule has 1 aromatic rings. The van der Waals surface area contributed by atoms with E-state index in [1.807, 2.05) is 6.07 Å². The molecule has 1 aromatic heterocycles. The lowest BCUT2D eigenvalue weighted by Crippen LogP contribution is -2.45. The van der Waals surface area contributed by atoms with Crippen molar-refractivity contribution in [2.45, 2.75) is 63.7 Å². The topological polar surface area (TPSA) is 67.8 Å². The predicted molar refractivity (Wildman–Crippen MR) is 114 cm³/mol. The molecule has 1 aliphatic heterocycles. The van der Waals surface area contributed by atoms with Crippen LogP contribution in [0.2, 0.25) is 0 Å². The van der Waals surface area contributed by atoms with E-state index in [1.165, 1.54) is 12.8 Å². The fourth-order valence-electron chi connectivity index (χ4n) is 3.48. The first-order valence-electron chi connectivity index (χ1n) is 9.37. The Morgan fingerprint density at radius 3 is 2.85 bits per heavy atom. The SMILES string of the molecule is CN=C(NCc1cccnc1OC1CCCC1)NCC1(C)CCCO1.I. The van der Waals surface area contributed by atoms with Crippen molar-refractivity contribution in [2.24, 2.45) is 4.99 Å². The van der Waals surface area contributed by atoms with Gasteiger partial charge in [0, 0.05) is 38.5 Å². The molecule has 2 fully saturated rings. The van der Waals surface area contributed by atoms with Gasteiger partial charge in [-0.1, -0.05) is 6.07 Å². The van der Waals surface area contributed by atoms with Crippen molar-refractivity contribution in [3.63, 3.8) is 0 Å². The van der Waals surface area contributed by atoms with Gasteiger partial charge in [0.25, 0.3) is 0 Å². The summed E-state index contributed by atoms with van der Waals surface area (Å²) < 4.78 is 11.9. The van der Waals surface area contributed by atoms with Crippen molar-refractivity contribution in [2.75, 3.05) is 20.2 Å². The lowest BCUT2D eigenvalue weighted by molar-refractivity contribution is 0.0243. The second-order valence-corrected chi connectivity index (χ2v) is 7.17. The number of rotatable bonds is 6. The van der Waals surface area contributed by atoms with E-state index in [-0.39, 0.29) is 29.6 Å². The molecule has 1 atom stereocenters. The molecule has 0 spiro atoms. The van der Waals surface area contributed by atoms with Crippen molar-refractivity contribution in [1.29, 1.82) is 0 Å². The molecule has 1 saturated carbocycles. The van der Waals surface area contributed by atoms with Crippen LogP contribution in [0, 0.1) is 0 Å². The minimum absolute atomic E-state index is 0. The largest absolute Gasteiger partial charge is 0.474 e. The third-order valence-electron chi connectivity index (χ3n) is 5.03. The Bertz CT molecular complexity index is 585. The van der Waals surface area contributed by atoms with E-state index in [4.69, 9.17) is 9.47 Å². The Hall–Kier alpha value is -1.09. The Labute approximate surface area is 173 Å². The molecule has 1 saturated heterocycles. The van der Waals surface area contributed by atoms with Gasteiger partial charge in [-0.25, -0.2) is 4.98 Å². The number of nitrogens with zero attached hydrogens (tertiary/aromatic N) is 2. The van der Waals surface area contributed by atoms with Gasteiger partial charge in [0.1, 0.15) is 6.10 Å². The summed E-state index contributed by atoms with van der Waals surface area (Å²) in [6.45, 7) is 4.38. The van der Waals surface area contributed by atoms with Gasteiger partial charge in [-0.3, -0.25) is 4.99 Å². The number of aromatic nitrogens is 1. The molecule has 1 aliphatic carbocycles. The summed E-state index contributed by atoms with van der Waals surface area (Å²) in [6.07, 6.45) is 9.08. The Morgan fingerprint density at radius 2 is 2.15 bits per heavy atom. The van der Waals surface area contributed by atoms with E-state index in [2.05, 4.69) is 33.6 Å². The second-order valence-electron chi connectivity index (χ2n) is 7.17. The monoisotopic (exact) mass is 474 g/mol. The first-order chi connectivity index (χ1) is 12.2. The summed E-state index contributed by atoms with van der Waals surface area (Å²) >= 11 is 0. The van der Waals surface area contributed by atoms with Crippen LogP contribution in [0.25, 0.3) is 0 Å². The molecule has 6 nitrogen and oxygen atoms in total. The molecule has 1 unspecified atom stereocenters. The van der Waals surface area contributed by atoms with Crippen LogP contribution in [-0.4, -0.2) is 42.8 Å². The maximum Gasteiger partial charge on any atom is 0.218 e. The van der Waals surface area contributed by atoms with Gasteiger partial charge in [0.05, 0.1) is 5.60 Å². The molecule has 2 N–H and O–H groups in total. The predicted octanol–water partition coefficient (Wildman–Crippen LogP) is 3.26. The zero-order valence-electron chi connectivity index (χ0n) is 15.8. The highest BCUT2D eigenvalue weighted by molar-refractivity contribution is 14.0. The van der Waals surface area contributed by atoms with Crippen molar-refractivity contribution < 1.29 is 9.47 Å². The fraction of sp³-hybridized carbons (Fsp3) is 0.684. The zero-order valence-corrected chi connectivity index (χ0v) is 18.1. The number of hydrogen-bond acceptors (Lipinski definition) is 4. The summed E-state index contributed by atoms with van der Waals surface area (Å²) in [5.74, 6) is 1.51. The number of pyridine rings is 1. The van der Waals surface area contributed by atoms with Crippen molar-refractivity contribution in [1.82, 2.24) is 15.6 Å². The maximum absolute atomic E-state index is 6.10. The van der Waals surface area contributed by atoms with Gasteiger partial charge in [-0.05, 0) is 51.5 Å². The van der Waals surface area contributed by atoms with Crippen LogP contribution < -0.4 is 15.4 Å². The third kappa shape index (κ3) is 5.97. The summed E-state index contributed by atoms with van der Waals surface area (Å²) in [5, 5.41) is 6.72. The first kappa shape index (κ1) is 21.2. The van der Waals surface area contributed by atoms with Crippen LogP contribution in [0.3, 0.4) is 0 Å². The first-order valence-corrected chi connectivity index (χ1v) is 9.37. The average molecular weight is 474 g/mol. The van der Waals surface area contributed by atoms with Crippen molar-refractivity contribution in [3.8, 4) is 5.88 Å². The maximum atomic E-state index is 6.10. The number of aliphatic imine (C=N–C) groups is 1. The number of nitrogens with one attached hydrogen (secondary N) is 2. The number of guanidine groups is 1. The molecule has 26 heavy (non-hydrogen) atoms. The lowest BCUT2D eigenvalue weighted by Gasteiger charge is -2.24. The molecule has 0 radical (unpaired) electrons. The molecule has 0 bridgehead atoms. The van der Waals surface area contributed by atoms with Gasteiger partial charge in [-0.2, -0.15) is 0 Å². The number of ether oxygens (including phenoxy) is 2. The highest BCUT2D eigenvalue weighted by Gasteiger charge is 2.29. The summed E-state index contributed by atoms with van der Waals surface area (Å²) in [5.41, 5.74) is 0.962. The highest BCUT2D eigenvalue weighted by atomic mass is 127. The third-order valence-corrected chi connectivity index (χ3v) is 5.03. The molecule has 2 aliphatic rings. The smallest absolute Gasteiger partial charge is 0.218 e. The van der Waals surface area contributed by atoms with Crippen LogP contribution in [0.4, 0.5) is 0 Å². The van der Waals surface area contributed by atoms with Gasteiger partial charge >= 0.3 is 0 Å². The van der Waals surface area contributed by atoms with E-state index < -0.39 is 0 Å². The van der Waals surface area contributed by atoms with Crippen LogP contribution >= 0.6 is 24.0 Å². The Morgan fingerprint density at radius 1 is 1.35 bits per heavy atom. The lowest BCUT2D eigenvalue weighted by atomic mass is 10.0. The molecule has 146 valence electrons. The quantitative estimate of drug-likeness (QED) is 0.377. The molecular weight excluding hydrogens is 443 g/mol. The normalized spacial score (nSPS) is 23.5. The standard InChI is InChI=1S/C19H30N4O2.HI/c1-19(10-6-12-24-19)14-23-18(20-2)22-13-15-7-5-11-21-17(15)25-16-8-3-4-9-16;/h5,7,11,16H,3-4,6,8-10,12-14H2,1-2H3,(H2,20,22,23);1H. The molecule has 2 heterocycles. The summed E-state index contributed by atoms with van der Waals surface area (Å²) in [6, 6.07) is 4.00. The Kier molecular flexibility index (Phi) is 8.40. The second kappa shape index (κ2) is 10.3. The molecule has 7 heteroatoms. The van der Waals surface area contributed by atoms with Gasteiger partial charge in [0.15, 0.2) is 5.96 Å². The van der Waals surface area contributed by atoms with Crippen molar-refractivity contribution >= 4 is 29.9 Å². The number of hydrogen-bond donors (Lipinski definition) is 2. The van der Waals surface area contributed by atoms with E-state index in [9.17, 15) is 0 Å². The molecule has 0 aromatic carbocycles. The minimum atomic E-state index is -0.0946. The van der Waals surface area contributed by atoms with Gasteiger partial charge in [-0.15, -0.1) is 24.0 Å². The van der Waals surface area contributed by atoms with Crippen LogP contribution in [0.5, 0.6) is 5.88 Å². The molecule has 0 amide bonds. The Balaban J connectivity index is 0.00000243. The van der Waals surface area contributed by atoms with Crippen LogP contribution in [-0.2, 0) is 11.3 Å². The van der Waals surface area contributed by atoms with E-state index >= 15 is 0 Å². The molecule has 3 rings (SSSR count). The fourth-order valence-corrected chi connectivity index (χ4v) is 3.48. The van der Waals surface area contributed by atoms with Crippen LogP contribution in [0.15, 0.2) is 23.3 Å². The zero-order chi connectivity index (χ0) is 17.5. The van der Waals surface area contributed by atoms with Gasteiger partial charge < -0.3 is 20.1 Å². The summed E-state index contributed by atoms with van der Waals surface area (Å²) in [4.78, 5) is 8.73. The van der Waals surface area contributed by atoms with E-state index in [0.29, 0.717) is 12.6 Å². The van der Waals surface area contributed by atoms with Crippen molar-refractivity contribution in [3.05, 3.63) is 23.9 Å². The van der Waals surface area contributed by atoms with Gasteiger partial charge in [0.2, 0.25) is 5.88 Å². The van der Waals surface area contributed by atoms with E-state index in [1.54, 1.807) is 13.2 Å². The minimum Gasteiger partial charge on any atom is -0.474 e. The summed E-state index contributed by atoms with van der Waals surface area (Å²) in [7, 11) is 1.78. The van der Waals surface area contributed by atoms with E-state index in [0.717, 1.165) is 56.2 Å².